The molecule has 6 heteroatoms. The molecule has 0 aliphatic carbocycles. The highest BCUT2D eigenvalue weighted by atomic mass is 32.2. The maximum atomic E-state index is 11.2. The van der Waals surface area contributed by atoms with E-state index in [-0.39, 0.29) is 5.57 Å². The molecule has 1 aromatic heterocycles. The zero-order valence-electron chi connectivity index (χ0n) is 9.97. The van der Waals surface area contributed by atoms with Crippen LogP contribution in [0.25, 0.3) is 4.91 Å². The quantitative estimate of drug-likeness (QED) is 0.515. The highest BCUT2D eigenvalue weighted by Gasteiger charge is 2.11. The predicted molar refractivity (Wildman–Crippen MR) is 81.2 cm³/mol. The lowest BCUT2D eigenvalue weighted by Gasteiger charge is -2.04. The summed E-state index contributed by atoms with van der Waals surface area (Å²) in [6, 6.07) is 5.83. The van der Waals surface area contributed by atoms with Gasteiger partial charge >= 0.3 is 0 Å². The lowest BCUT2D eigenvalue weighted by atomic mass is 10.2. The molecule has 1 heterocycles. The molecule has 0 spiro atoms. The van der Waals surface area contributed by atoms with Crippen LogP contribution in [0.5, 0.6) is 0 Å². The third-order valence-corrected chi connectivity index (χ3v) is 4.64. The third-order valence-electron chi connectivity index (χ3n) is 2.07. The Balaban J connectivity index is 3.26. The van der Waals surface area contributed by atoms with Gasteiger partial charge in [0.25, 0.3) is 5.91 Å². The van der Waals surface area contributed by atoms with Crippen LogP contribution in [0.1, 0.15) is 4.88 Å². The van der Waals surface area contributed by atoms with Gasteiger partial charge in [-0.2, -0.15) is 5.26 Å². The summed E-state index contributed by atoms with van der Waals surface area (Å²) >= 11 is 4.53. The van der Waals surface area contributed by atoms with Crippen molar-refractivity contribution in [2.45, 2.75) is 0 Å². The SMILES string of the molecule is CSC(/C=C(/SC)c1cccs1)=C(/C#N)C(N)=O. The van der Waals surface area contributed by atoms with E-state index in [1.807, 2.05) is 42.2 Å². The van der Waals surface area contributed by atoms with Gasteiger partial charge in [-0.1, -0.05) is 6.07 Å². The number of nitrogens with two attached hydrogens (primary N) is 1. The number of carbonyl (C=O) groups excluding carboxylic acids is 1. The number of allylic oxidation sites excluding steroid dienone is 1. The van der Waals surface area contributed by atoms with Crippen LogP contribution in [0.3, 0.4) is 0 Å². The van der Waals surface area contributed by atoms with Crippen molar-refractivity contribution in [3.8, 4) is 6.07 Å². The van der Waals surface area contributed by atoms with Crippen LogP contribution in [-0.2, 0) is 4.79 Å². The van der Waals surface area contributed by atoms with Crippen LogP contribution < -0.4 is 5.73 Å². The number of hydrogen-bond donors (Lipinski definition) is 1. The normalized spacial score (nSPS) is 12.8. The number of primary amides is 1. The molecule has 0 saturated heterocycles. The second kappa shape index (κ2) is 7.31. The number of carbonyl (C=O) groups is 1. The van der Waals surface area contributed by atoms with E-state index in [1.165, 1.54) is 11.8 Å². The highest BCUT2D eigenvalue weighted by molar-refractivity contribution is 8.08. The van der Waals surface area contributed by atoms with E-state index in [0.29, 0.717) is 4.91 Å². The molecule has 2 N–H and O–H groups in total. The maximum absolute atomic E-state index is 11.2. The Bertz CT molecular complexity index is 524. The van der Waals surface area contributed by atoms with Crippen molar-refractivity contribution in [1.29, 1.82) is 5.26 Å². The average molecular weight is 296 g/mol. The van der Waals surface area contributed by atoms with Gasteiger partial charge in [0, 0.05) is 14.7 Å². The molecule has 0 bridgehead atoms. The first-order chi connectivity index (χ1) is 8.63. The Morgan fingerprint density at radius 3 is 2.61 bits per heavy atom. The van der Waals surface area contributed by atoms with Gasteiger partial charge in [-0.15, -0.1) is 34.9 Å². The summed E-state index contributed by atoms with van der Waals surface area (Å²) in [5, 5.41) is 10.9. The lowest BCUT2D eigenvalue weighted by Crippen LogP contribution is -2.13. The Labute approximate surface area is 119 Å². The monoisotopic (exact) mass is 296 g/mol. The Morgan fingerprint density at radius 1 is 1.50 bits per heavy atom. The van der Waals surface area contributed by atoms with Crippen LogP contribution in [-0.4, -0.2) is 18.4 Å². The highest BCUT2D eigenvalue weighted by Crippen LogP contribution is 2.32. The largest absolute Gasteiger partial charge is 0.365 e. The van der Waals surface area contributed by atoms with Crippen LogP contribution >= 0.6 is 34.9 Å². The summed E-state index contributed by atoms with van der Waals surface area (Å²) in [5.74, 6) is -0.690. The van der Waals surface area contributed by atoms with Crippen LogP contribution in [0, 0.1) is 11.3 Å². The fourth-order valence-corrected chi connectivity index (χ4v) is 3.43. The van der Waals surface area contributed by atoms with E-state index >= 15 is 0 Å². The number of hydrogen-bond acceptors (Lipinski definition) is 5. The molecular weight excluding hydrogens is 284 g/mol. The second-order valence-corrected chi connectivity index (χ2v) is 5.75. The first-order valence-corrected chi connectivity index (χ1v) is 8.24. The van der Waals surface area contributed by atoms with E-state index in [4.69, 9.17) is 11.0 Å². The molecule has 94 valence electrons. The van der Waals surface area contributed by atoms with Gasteiger partial charge in [-0.25, -0.2) is 0 Å². The maximum Gasteiger partial charge on any atom is 0.260 e. The molecule has 1 aromatic rings. The number of nitriles is 1. The topological polar surface area (TPSA) is 66.9 Å². The van der Waals surface area contributed by atoms with Crippen molar-refractivity contribution in [3.63, 3.8) is 0 Å². The number of thioether (sulfide) groups is 2. The average Bonchev–Trinajstić information content (AvgIpc) is 2.87. The summed E-state index contributed by atoms with van der Waals surface area (Å²) in [6.07, 6.45) is 5.61. The van der Waals surface area contributed by atoms with E-state index in [2.05, 4.69) is 0 Å². The summed E-state index contributed by atoms with van der Waals surface area (Å²) in [6.45, 7) is 0. The number of nitrogens with zero attached hydrogens (tertiary/aromatic N) is 1. The first kappa shape index (κ1) is 14.9. The Hall–Kier alpha value is -1.16. The minimum Gasteiger partial charge on any atom is -0.365 e. The molecule has 3 nitrogen and oxygen atoms in total. The second-order valence-electron chi connectivity index (χ2n) is 3.11. The van der Waals surface area contributed by atoms with Gasteiger partial charge in [-0.3, -0.25) is 4.79 Å². The van der Waals surface area contributed by atoms with Gasteiger partial charge < -0.3 is 5.73 Å². The fourth-order valence-electron chi connectivity index (χ4n) is 1.23. The summed E-state index contributed by atoms with van der Waals surface area (Å²) in [7, 11) is 0. The van der Waals surface area contributed by atoms with Crippen molar-refractivity contribution < 1.29 is 4.79 Å². The molecule has 0 aliphatic rings. The molecule has 1 amide bonds. The number of rotatable bonds is 5. The van der Waals surface area contributed by atoms with Crippen molar-refractivity contribution in [2.24, 2.45) is 5.73 Å². The summed E-state index contributed by atoms with van der Waals surface area (Å²) in [5.41, 5.74) is 5.20. The zero-order chi connectivity index (χ0) is 13.5. The van der Waals surface area contributed by atoms with Crippen LogP contribution in [0.4, 0.5) is 0 Å². The lowest BCUT2D eigenvalue weighted by molar-refractivity contribution is -0.114. The van der Waals surface area contributed by atoms with E-state index in [9.17, 15) is 4.79 Å². The molecule has 18 heavy (non-hydrogen) atoms. The number of amides is 1. The Kier molecular flexibility index (Phi) is 6.05. The van der Waals surface area contributed by atoms with E-state index in [0.717, 1.165) is 9.78 Å². The summed E-state index contributed by atoms with van der Waals surface area (Å²) < 4.78 is 0. The molecule has 1 rings (SSSR count). The first-order valence-electron chi connectivity index (χ1n) is 4.91. The fraction of sp³-hybridized carbons (Fsp3) is 0.167. The van der Waals surface area contributed by atoms with Gasteiger partial charge in [0.2, 0.25) is 0 Å². The molecule has 0 unspecified atom stereocenters. The van der Waals surface area contributed by atoms with Crippen molar-refractivity contribution in [2.75, 3.05) is 12.5 Å². The smallest absolute Gasteiger partial charge is 0.260 e. The summed E-state index contributed by atoms with van der Waals surface area (Å²) in [4.78, 5) is 13.9. The zero-order valence-corrected chi connectivity index (χ0v) is 12.4. The molecule has 0 saturated carbocycles. The molecule has 0 radical (unpaired) electrons. The van der Waals surface area contributed by atoms with Gasteiger partial charge in [-0.05, 0) is 30.0 Å². The minimum absolute atomic E-state index is 0.00519. The van der Waals surface area contributed by atoms with Crippen LogP contribution in [0.15, 0.2) is 34.1 Å². The van der Waals surface area contributed by atoms with Gasteiger partial charge in [0.05, 0.1) is 0 Å². The number of thiophene rings is 1. The molecular formula is C12H12N2OS3. The predicted octanol–water partition coefficient (Wildman–Crippen LogP) is 3.08. The van der Waals surface area contributed by atoms with Gasteiger partial charge in [0.15, 0.2) is 0 Å². The van der Waals surface area contributed by atoms with Crippen molar-refractivity contribution >= 4 is 45.7 Å². The molecule has 0 aromatic carbocycles. The standard InChI is InChI=1S/C12H12N2OS3/c1-16-10(8(7-13)12(14)15)6-11(17-2)9-4-3-5-18-9/h3-6H,1-2H3,(H2,14,15)/b10-8-,11-6+. The van der Waals surface area contributed by atoms with Crippen LogP contribution in [0.2, 0.25) is 0 Å². The van der Waals surface area contributed by atoms with Crippen molar-refractivity contribution in [1.82, 2.24) is 0 Å². The van der Waals surface area contributed by atoms with Crippen molar-refractivity contribution in [3.05, 3.63) is 38.9 Å². The molecule has 0 atom stereocenters. The minimum atomic E-state index is -0.690. The van der Waals surface area contributed by atoms with E-state index in [1.54, 1.807) is 23.1 Å². The Morgan fingerprint density at radius 2 is 2.22 bits per heavy atom. The molecule has 0 aliphatic heterocycles. The molecule has 0 fully saturated rings. The van der Waals surface area contributed by atoms with E-state index < -0.39 is 5.91 Å². The third kappa shape index (κ3) is 3.67. The van der Waals surface area contributed by atoms with Gasteiger partial charge in [0.1, 0.15) is 11.6 Å².